The van der Waals surface area contributed by atoms with Gasteiger partial charge in [-0.15, -0.1) is 0 Å². The number of nitrogens with one attached hydrogen (secondary N) is 1. The van der Waals surface area contributed by atoms with Crippen LogP contribution in [0.1, 0.15) is 63.6 Å². The molecule has 1 aliphatic heterocycles. The van der Waals surface area contributed by atoms with Crippen molar-refractivity contribution in [3.05, 3.63) is 24.0 Å². The van der Waals surface area contributed by atoms with Crippen LogP contribution < -0.4 is 5.32 Å². The predicted octanol–water partition coefficient (Wildman–Crippen LogP) is 3.62. The zero-order valence-corrected chi connectivity index (χ0v) is 20.4. The van der Waals surface area contributed by atoms with Gasteiger partial charge in [-0.1, -0.05) is 12.8 Å². The molecule has 1 amide bonds. The monoisotopic (exact) mass is 472 g/mol. The van der Waals surface area contributed by atoms with E-state index >= 15 is 0 Å². The number of imidazole rings is 1. The molecule has 1 N–H and O–H groups in total. The average Bonchev–Trinajstić information content (AvgIpc) is 3.53. The first kappa shape index (κ1) is 22.8. The molecule has 3 unspecified atom stereocenters. The molecule has 2 aromatic rings. The quantitative estimate of drug-likeness (QED) is 0.636. The fourth-order valence-electron chi connectivity index (χ4n) is 6.31. The van der Waals surface area contributed by atoms with Crippen LogP contribution >= 0.6 is 0 Å². The number of aromatic nitrogens is 2. The number of sulfonamides is 1. The van der Waals surface area contributed by atoms with Crippen molar-refractivity contribution in [3.8, 4) is 0 Å². The Balaban J connectivity index is 1.18. The van der Waals surface area contributed by atoms with Crippen LogP contribution in [0, 0.1) is 17.8 Å². The summed E-state index contributed by atoms with van der Waals surface area (Å²) < 4.78 is 29.6. The van der Waals surface area contributed by atoms with E-state index in [1.54, 1.807) is 16.4 Å². The molecule has 2 aliphatic carbocycles. The molecule has 2 saturated carbocycles. The third-order valence-corrected chi connectivity index (χ3v) is 10.1. The number of rotatable bonds is 8. The van der Waals surface area contributed by atoms with Gasteiger partial charge in [-0.3, -0.25) is 4.79 Å². The average molecular weight is 473 g/mol. The van der Waals surface area contributed by atoms with Crippen molar-refractivity contribution in [2.75, 3.05) is 19.6 Å². The van der Waals surface area contributed by atoms with Gasteiger partial charge in [-0.05, 0) is 74.5 Å². The highest BCUT2D eigenvalue weighted by Gasteiger charge is 2.38. The Labute approximate surface area is 197 Å². The maximum absolute atomic E-state index is 13.0. The van der Waals surface area contributed by atoms with Crippen LogP contribution in [-0.2, 0) is 28.3 Å². The van der Waals surface area contributed by atoms with E-state index in [9.17, 15) is 13.2 Å². The second kappa shape index (κ2) is 9.37. The van der Waals surface area contributed by atoms with Crippen molar-refractivity contribution in [1.29, 1.82) is 0 Å². The summed E-state index contributed by atoms with van der Waals surface area (Å²) in [6.07, 6.45) is 10.5. The van der Waals surface area contributed by atoms with Gasteiger partial charge in [-0.25, -0.2) is 13.4 Å². The number of nitrogens with zero attached hydrogens (tertiary/aromatic N) is 3. The maximum atomic E-state index is 13.0. The summed E-state index contributed by atoms with van der Waals surface area (Å²) in [6, 6.07) is 5.19. The second-order valence-electron chi connectivity index (χ2n) is 10.3. The molecule has 180 valence electrons. The van der Waals surface area contributed by atoms with Crippen LogP contribution in [0.5, 0.6) is 0 Å². The largest absolute Gasteiger partial charge is 0.356 e. The Morgan fingerprint density at radius 2 is 1.97 bits per heavy atom. The predicted molar refractivity (Wildman–Crippen MR) is 128 cm³/mol. The summed E-state index contributed by atoms with van der Waals surface area (Å²) in [6.45, 7) is 1.95. The third kappa shape index (κ3) is 4.69. The van der Waals surface area contributed by atoms with Crippen LogP contribution in [0.2, 0.25) is 0 Å². The molecule has 7 nitrogen and oxygen atoms in total. The third-order valence-electron chi connectivity index (χ3n) is 8.20. The number of fused-ring (bicyclic) bond motifs is 3. The van der Waals surface area contributed by atoms with Gasteiger partial charge >= 0.3 is 0 Å². The zero-order valence-electron chi connectivity index (χ0n) is 19.6. The minimum absolute atomic E-state index is 0.0681. The van der Waals surface area contributed by atoms with Crippen LogP contribution in [-0.4, -0.2) is 47.8 Å². The minimum atomic E-state index is -3.48. The number of carbonyl (C=O) groups excluding carboxylic acids is 1. The molecule has 1 aromatic carbocycles. The Morgan fingerprint density at radius 3 is 2.70 bits per heavy atom. The molecule has 33 heavy (non-hydrogen) atoms. The lowest BCUT2D eigenvalue weighted by Gasteiger charge is -2.25. The molecular formula is C25H36N4O3S. The van der Waals surface area contributed by atoms with Crippen molar-refractivity contribution in [2.45, 2.75) is 69.1 Å². The summed E-state index contributed by atoms with van der Waals surface area (Å²) in [5.41, 5.74) is 1.56. The van der Waals surface area contributed by atoms with Gasteiger partial charge < -0.3 is 9.88 Å². The van der Waals surface area contributed by atoms with Gasteiger partial charge in [0.25, 0.3) is 0 Å². The Hall–Kier alpha value is -1.93. The van der Waals surface area contributed by atoms with Crippen molar-refractivity contribution < 1.29 is 13.2 Å². The Kier molecular flexibility index (Phi) is 6.49. The molecule has 2 heterocycles. The fraction of sp³-hybridized carbons (Fsp3) is 0.680. The minimum Gasteiger partial charge on any atom is -0.356 e. The van der Waals surface area contributed by atoms with E-state index in [0.29, 0.717) is 36.3 Å². The number of benzene rings is 1. The van der Waals surface area contributed by atoms with E-state index in [-0.39, 0.29) is 5.91 Å². The molecule has 3 aliphatic rings. The highest BCUT2D eigenvalue weighted by molar-refractivity contribution is 7.89. The highest BCUT2D eigenvalue weighted by atomic mass is 32.2. The van der Waals surface area contributed by atoms with Crippen LogP contribution in [0.3, 0.4) is 0 Å². The number of amides is 1. The molecule has 5 rings (SSSR count). The van der Waals surface area contributed by atoms with Crippen molar-refractivity contribution in [3.63, 3.8) is 0 Å². The van der Waals surface area contributed by atoms with Crippen molar-refractivity contribution in [1.82, 2.24) is 19.2 Å². The molecule has 3 atom stereocenters. The van der Waals surface area contributed by atoms with E-state index in [1.165, 1.54) is 25.7 Å². The summed E-state index contributed by atoms with van der Waals surface area (Å²) >= 11 is 0. The van der Waals surface area contributed by atoms with Gasteiger partial charge in [0.15, 0.2) is 0 Å². The van der Waals surface area contributed by atoms with Crippen molar-refractivity contribution >= 4 is 27.0 Å². The van der Waals surface area contributed by atoms with Gasteiger partial charge in [0.05, 0.1) is 15.9 Å². The Bertz CT molecular complexity index is 1120. The first-order valence-corrected chi connectivity index (χ1v) is 14.1. The molecule has 0 spiro atoms. The van der Waals surface area contributed by atoms with Gasteiger partial charge in [0, 0.05) is 39.5 Å². The van der Waals surface area contributed by atoms with Crippen LogP contribution in [0.25, 0.3) is 11.0 Å². The number of aryl methyl sites for hydroxylation is 2. The number of hydrogen-bond acceptors (Lipinski definition) is 4. The lowest BCUT2D eigenvalue weighted by molar-refractivity contribution is -0.121. The van der Waals surface area contributed by atoms with Crippen LogP contribution in [0.4, 0.5) is 0 Å². The van der Waals surface area contributed by atoms with Gasteiger partial charge in [0.2, 0.25) is 15.9 Å². The number of hydrogen-bond donors (Lipinski definition) is 1. The topological polar surface area (TPSA) is 84.3 Å². The second-order valence-corrected chi connectivity index (χ2v) is 12.2. The lowest BCUT2D eigenvalue weighted by atomic mass is 9.86. The Morgan fingerprint density at radius 1 is 1.15 bits per heavy atom. The molecule has 8 heteroatoms. The van der Waals surface area contributed by atoms with E-state index in [4.69, 9.17) is 0 Å². The van der Waals surface area contributed by atoms with Crippen molar-refractivity contribution in [2.24, 2.45) is 24.8 Å². The number of piperidine rings is 1. The summed E-state index contributed by atoms with van der Waals surface area (Å²) in [5, 5.41) is 3.10. The first-order valence-electron chi connectivity index (χ1n) is 12.6. The normalized spacial score (nSPS) is 25.7. The molecule has 1 saturated heterocycles. The number of carbonyl (C=O) groups is 1. The van der Waals surface area contributed by atoms with E-state index in [1.807, 2.05) is 17.7 Å². The molecular weight excluding hydrogens is 436 g/mol. The zero-order chi connectivity index (χ0) is 23.0. The smallest absolute Gasteiger partial charge is 0.243 e. The van der Waals surface area contributed by atoms with Gasteiger partial charge in [0.1, 0.15) is 5.82 Å². The van der Waals surface area contributed by atoms with E-state index in [0.717, 1.165) is 61.3 Å². The fourth-order valence-corrected chi connectivity index (χ4v) is 7.85. The lowest BCUT2D eigenvalue weighted by Crippen LogP contribution is -2.35. The summed E-state index contributed by atoms with van der Waals surface area (Å²) in [5.74, 6) is 3.53. The highest BCUT2D eigenvalue weighted by Crippen LogP contribution is 2.49. The van der Waals surface area contributed by atoms with Gasteiger partial charge in [-0.2, -0.15) is 4.31 Å². The molecule has 3 fully saturated rings. The first-order chi connectivity index (χ1) is 15.9. The maximum Gasteiger partial charge on any atom is 0.243 e. The summed E-state index contributed by atoms with van der Waals surface area (Å²) in [7, 11) is -1.56. The SMILES string of the molecule is Cn1c(CCC(=O)NCCC2CC3CCC2C3)nc2cc(S(=O)(=O)N3CCCCC3)ccc21. The molecule has 0 radical (unpaired) electrons. The standard InChI is InChI=1S/C25H36N4O3S/c1-28-23-8-7-21(33(31,32)29-13-3-2-4-14-29)17-22(23)27-24(28)9-10-25(30)26-12-11-20-16-18-5-6-19(20)15-18/h7-8,17-20H,2-6,9-16H2,1H3,(H,26,30). The summed E-state index contributed by atoms with van der Waals surface area (Å²) in [4.78, 5) is 17.4. The molecule has 1 aromatic heterocycles. The van der Waals surface area contributed by atoms with E-state index in [2.05, 4.69) is 10.3 Å². The van der Waals surface area contributed by atoms with E-state index < -0.39 is 10.0 Å². The van der Waals surface area contributed by atoms with Crippen LogP contribution in [0.15, 0.2) is 23.1 Å². The molecule has 2 bridgehead atoms.